The van der Waals surface area contributed by atoms with Crippen molar-refractivity contribution in [2.45, 2.75) is 33.2 Å². The highest BCUT2D eigenvalue weighted by Crippen LogP contribution is 2.23. The summed E-state index contributed by atoms with van der Waals surface area (Å²) >= 11 is 3.54. The lowest BCUT2D eigenvalue weighted by Crippen LogP contribution is -2.10. The number of aryl methyl sites for hydroxylation is 2. The molecule has 0 bridgehead atoms. The Morgan fingerprint density at radius 3 is 2.58 bits per heavy atom. The van der Waals surface area contributed by atoms with Crippen LogP contribution in [-0.4, -0.2) is 25.5 Å². The fourth-order valence-corrected chi connectivity index (χ4v) is 2.59. The van der Waals surface area contributed by atoms with Gasteiger partial charge in [0.25, 0.3) is 0 Å². The molecule has 0 radical (unpaired) electrons. The van der Waals surface area contributed by atoms with Gasteiger partial charge in [-0.3, -0.25) is 9.48 Å². The second kappa shape index (κ2) is 6.06. The molecule has 0 unspecified atom stereocenters. The molecule has 2 rings (SSSR count). The second-order valence-electron chi connectivity index (χ2n) is 4.10. The van der Waals surface area contributed by atoms with Gasteiger partial charge in [0.2, 0.25) is 0 Å². The zero-order valence-corrected chi connectivity index (χ0v) is 12.5. The number of halogens is 1. The average molecular weight is 323 g/mol. The molecule has 0 aliphatic rings. The first-order valence-electron chi connectivity index (χ1n) is 6.19. The van der Waals surface area contributed by atoms with Crippen LogP contribution in [0.3, 0.4) is 0 Å². The van der Waals surface area contributed by atoms with Crippen molar-refractivity contribution in [2.75, 3.05) is 0 Å². The smallest absolute Gasteiger partial charge is 0.171 e. The molecule has 0 aromatic carbocycles. The van der Waals surface area contributed by atoms with E-state index in [9.17, 15) is 4.79 Å². The highest BCUT2D eigenvalue weighted by Gasteiger charge is 2.17. The summed E-state index contributed by atoms with van der Waals surface area (Å²) in [6, 6.07) is 0. The van der Waals surface area contributed by atoms with Crippen molar-refractivity contribution in [3.8, 4) is 0 Å². The Morgan fingerprint density at radius 2 is 2.00 bits per heavy atom. The number of rotatable bonds is 5. The molecular weight excluding hydrogens is 308 g/mol. The van der Waals surface area contributed by atoms with Gasteiger partial charge in [0.15, 0.2) is 5.78 Å². The lowest BCUT2D eigenvalue weighted by Gasteiger charge is -2.04. The van der Waals surface area contributed by atoms with Crippen LogP contribution in [0.1, 0.15) is 35.6 Å². The number of hydrogen-bond acceptors (Lipinski definition) is 4. The maximum absolute atomic E-state index is 12.2. The zero-order valence-electron chi connectivity index (χ0n) is 10.9. The minimum Gasteiger partial charge on any atom is -0.294 e. The first-order chi connectivity index (χ1) is 9.17. The van der Waals surface area contributed by atoms with Crippen LogP contribution in [0.4, 0.5) is 0 Å². The molecule has 0 aliphatic heterocycles. The molecule has 100 valence electrons. The summed E-state index contributed by atoms with van der Waals surface area (Å²) in [6.07, 6.45) is 5.63. The average Bonchev–Trinajstić information content (AvgIpc) is 2.76. The summed E-state index contributed by atoms with van der Waals surface area (Å²) in [5.74, 6) is -0.00134. The van der Waals surface area contributed by atoms with Gasteiger partial charge in [-0.1, -0.05) is 6.92 Å². The van der Waals surface area contributed by atoms with Crippen LogP contribution in [0.15, 0.2) is 23.2 Å². The fraction of sp³-hybridized carbons (Fsp3) is 0.385. The second-order valence-corrected chi connectivity index (χ2v) is 4.90. The Morgan fingerprint density at radius 1 is 1.32 bits per heavy atom. The molecule has 0 atom stereocenters. The molecule has 2 aromatic heterocycles. The van der Waals surface area contributed by atoms with Gasteiger partial charge in [-0.05, 0) is 29.3 Å². The molecule has 0 amide bonds. The maximum Gasteiger partial charge on any atom is 0.171 e. The number of ketones is 1. The van der Waals surface area contributed by atoms with Crippen molar-refractivity contribution in [3.05, 3.63) is 40.1 Å². The van der Waals surface area contributed by atoms with E-state index >= 15 is 0 Å². The topological polar surface area (TPSA) is 60.7 Å². The van der Waals surface area contributed by atoms with Gasteiger partial charge in [-0.15, -0.1) is 0 Å². The molecule has 5 nitrogen and oxygen atoms in total. The van der Waals surface area contributed by atoms with E-state index in [1.54, 1.807) is 0 Å². The molecule has 2 aromatic rings. The van der Waals surface area contributed by atoms with Gasteiger partial charge in [0.1, 0.15) is 6.33 Å². The van der Waals surface area contributed by atoms with E-state index in [0.29, 0.717) is 12.0 Å². The lowest BCUT2D eigenvalue weighted by atomic mass is 10.1. The van der Waals surface area contributed by atoms with Crippen LogP contribution in [0.25, 0.3) is 0 Å². The molecule has 2 heterocycles. The number of aromatic nitrogens is 4. The number of nitrogens with zero attached hydrogens (tertiary/aromatic N) is 4. The number of carbonyl (C=O) groups is 1. The molecule has 0 saturated carbocycles. The summed E-state index contributed by atoms with van der Waals surface area (Å²) in [5, 5.41) is 4.48. The molecule has 0 spiro atoms. The van der Waals surface area contributed by atoms with E-state index in [1.807, 2.05) is 18.5 Å². The summed E-state index contributed by atoms with van der Waals surface area (Å²) in [6.45, 7) is 4.80. The monoisotopic (exact) mass is 322 g/mol. The maximum atomic E-state index is 12.2. The van der Waals surface area contributed by atoms with E-state index in [2.05, 4.69) is 31.0 Å². The van der Waals surface area contributed by atoms with E-state index < -0.39 is 0 Å². The standard InChI is InChI=1S/C13H15BrN4O/c1-3-10-13(14)11(18(4-2)17-10)5-12(19)9-6-15-8-16-7-9/h6-8H,3-5H2,1-2H3. The van der Waals surface area contributed by atoms with Gasteiger partial charge in [-0.2, -0.15) is 5.10 Å². The van der Waals surface area contributed by atoms with Crippen molar-refractivity contribution >= 4 is 21.7 Å². The van der Waals surface area contributed by atoms with Crippen molar-refractivity contribution in [1.82, 2.24) is 19.7 Å². The third-order valence-electron chi connectivity index (χ3n) is 2.90. The summed E-state index contributed by atoms with van der Waals surface area (Å²) in [7, 11) is 0. The summed E-state index contributed by atoms with van der Waals surface area (Å²) in [5.41, 5.74) is 2.42. The predicted molar refractivity (Wildman–Crippen MR) is 75.0 cm³/mol. The number of carbonyl (C=O) groups excluding carboxylic acids is 1. The molecule has 6 heteroatoms. The van der Waals surface area contributed by atoms with E-state index in [4.69, 9.17) is 0 Å². The van der Waals surface area contributed by atoms with Gasteiger partial charge < -0.3 is 0 Å². The fourth-order valence-electron chi connectivity index (χ4n) is 1.88. The molecule has 0 aliphatic carbocycles. The minimum atomic E-state index is -0.00134. The Hall–Kier alpha value is -1.56. The zero-order chi connectivity index (χ0) is 13.8. The third kappa shape index (κ3) is 2.89. The first-order valence-corrected chi connectivity index (χ1v) is 6.98. The Labute approximate surface area is 120 Å². The molecule has 0 fully saturated rings. The molecular formula is C13H15BrN4O. The highest BCUT2D eigenvalue weighted by atomic mass is 79.9. The normalized spacial score (nSPS) is 10.7. The minimum absolute atomic E-state index is 0.00134. The van der Waals surface area contributed by atoms with Crippen LogP contribution < -0.4 is 0 Å². The van der Waals surface area contributed by atoms with Crippen molar-refractivity contribution in [1.29, 1.82) is 0 Å². The van der Waals surface area contributed by atoms with Gasteiger partial charge in [0.05, 0.1) is 27.8 Å². The van der Waals surface area contributed by atoms with E-state index in [-0.39, 0.29) is 5.78 Å². The molecule has 0 N–H and O–H groups in total. The van der Waals surface area contributed by atoms with Crippen LogP contribution >= 0.6 is 15.9 Å². The Bertz CT molecular complexity index is 580. The first kappa shape index (κ1) is 13.9. The summed E-state index contributed by atoms with van der Waals surface area (Å²) in [4.78, 5) is 19.9. The molecule has 19 heavy (non-hydrogen) atoms. The van der Waals surface area contributed by atoms with Crippen LogP contribution in [0, 0.1) is 0 Å². The predicted octanol–water partition coefficient (Wildman–Crippen LogP) is 2.44. The van der Waals surface area contributed by atoms with E-state index in [1.165, 1.54) is 18.7 Å². The van der Waals surface area contributed by atoms with Crippen LogP contribution in [-0.2, 0) is 19.4 Å². The van der Waals surface area contributed by atoms with Crippen molar-refractivity contribution in [3.63, 3.8) is 0 Å². The summed E-state index contributed by atoms with van der Waals surface area (Å²) < 4.78 is 2.80. The molecule has 0 saturated heterocycles. The third-order valence-corrected chi connectivity index (χ3v) is 3.82. The Kier molecular flexibility index (Phi) is 4.42. The highest BCUT2D eigenvalue weighted by molar-refractivity contribution is 9.10. The van der Waals surface area contributed by atoms with Crippen LogP contribution in [0.5, 0.6) is 0 Å². The lowest BCUT2D eigenvalue weighted by molar-refractivity contribution is 0.0989. The Balaban J connectivity index is 2.28. The van der Waals surface area contributed by atoms with Crippen molar-refractivity contribution < 1.29 is 4.79 Å². The largest absolute Gasteiger partial charge is 0.294 e. The van der Waals surface area contributed by atoms with Gasteiger partial charge >= 0.3 is 0 Å². The number of hydrogen-bond donors (Lipinski definition) is 0. The quantitative estimate of drug-likeness (QED) is 0.793. The van der Waals surface area contributed by atoms with Crippen molar-refractivity contribution in [2.24, 2.45) is 0 Å². The number of Topliss-reactive ketones (excluding diaryl/α,β-unsaturated/α-hetero) is 1. The van der Waals surface area contributed by atoms with E-state index in [0.717, 1.165) is 28.8 Å². The van der Waals surface area contributed by atoms with Gasteiger partial charge in [0, 0.05) is 18.9 Å². The van der Waals surface area contributed by atoms with Crippen LogP contribution in [0.2, 0.25) is 0 Å². The van der Waals surface area contributed by atoms with Gasteiger partial charge in [-0.25, -0.2) is 9.97 Å². The SMILES string of the molecule is CCc1nn(CC)c(CC(=O)c2cncnc2)c1Br.